The number of rotatable bonds is 1. The van der Waals surface area contributed by atoms with Crippen molar-refractivity contribution in [3.05, 3.63) is 29.8 Å². The summed E-state index contributed by atoms with van der Waals surface area (Å²) in [6, 6.07) is 4.43. The van der Waals surface area contributed by atoms with Crippen LogP contribution in [0.3, 0.4) is 0 Å². The van der Waals surface area contributed by atoms with Crippen LogP contribution in [0.15, 0.2) is 18.2 Å². The van der Waals surface area contributed by atoms with Crippen molar-refractivity contribution in [2.45, 2.75) is 25.3 Å². The van der Waals surface area contributed by atoms with Crippen LogP contribution >= 0.6 is 0 Å². The molecule has 3 rings (SSSR count). The van der Waals surface area contributed by atoms with Gasteiger partial charge in [-0.25, -0.2) is 8.78 Å². The first-order valence-corrected chi connectivity index (χ1v) is 6.68. The van der Waals surface area contributed by atoms with Crippen molar-refractivity contribution in [2.24, 2.45) is 0 Å². The number of fused-ring (bicyclic) bond motifs is 1. The zero-order valence-electron chi connectivity index (χ0n) is 10.4. The fourth-order valence-electron chi connectivity index (χ4n) is 3.16. The van der Waals surface area contributed by atoms with Crippen molar-refractivity contribution >= 4 is 5.69 Å². The molecule has 1 aromatic rings. The second-order valence-electron chi connectivity index (χ2n) is 5.23. The predicted molar refractivity (Wildman–Crippen MR) is 67.8 cm³/mol. The van der Waals surface area contributed by atoms with E-state index >= 15 is 0 Å². The monoisotopic (exact) mass is 252 g/mol. The van der Waals surface area contributed by atoms with Gasteiger partial charge in [0.15, 0.2) is 0 Å². The number of hydrogen-bond acceptors (Lipinski definition) is 2. The van der Waals surface area contributed by atoms with Gasteiger partial charge in [-0.1, -0.05) is 0 Å². The quantitative estimate of drug-likeness (QED) is 0.758. The van der Waals surface area contributed by atoms with E-state index in [1.54, 1.807) is 6.07 Å². The summed E-state index contributed by atoms with van der Waals surface area (Å²) in [5.74, 6) is -0.949. The minimum atomic E-state index is -0.506. The Hall–Kier alpha value is -1.16. The minimum Gasteiger partial charge on any atom is -0.368 e. The van der Waals surface area contributed by atoms with Crippen molar-refractivity contribution in [3.63, 3.8) is 0 Å². The Morgan fingerprint density at radius 1 is 1.06 bits per heavy atom. The molecular weight excluding hydrogens is 234 g/mol. The maximum atomic E-state index is 13.8. The van der Waals surface area contributed by atoms with E-state index in [1.807, 2.05) is 0 Å². The maximum Gasteiger partial charge on any atom is 0.149 e. The van der Waals surface area contributed by atoms with Gasteiger partial charge in [0.1, 0.15) is 11.6 Å². The van der Waals surface area contributed by atoms with Crippen LogP contribution in [0, 0.1) is 11.6 Å². The second-order valence-corrected chi connectivity index (χ2v) is 5.23. The Morgan fingerprint density at radius 3 is 2.72 bits per heavy atom. The molecule has 4 heteroatoms. The van der Waals surface area contributed by atoms with E-state index in [2.05, 4.69) is 9.80 Å². The number of nitrogens with zero attached hydrogens (tertiary/aromatic N) is 2. The van der Waals surface area contributed by atoms with E-state index in [-0.39, 0.29) is 0 Å². The fraction of sp³-hybridized carbons (Fsp3) is 0.571. The molecular formula is C14H18F2N2. The van der Waals surface area contributed by atoms with E-state index in [4.69, 9.17) is 0 Å². The molecule has 0 aromatic heterocycles. The van der Waals surface area contributed by atoms with Gasteiger partial charge in [0.25, 0.3) is 0 Å². The first-order chi connectivity index (χ1) is 8.74. The molecule has 2 saturated heterocycles. The molecule has 2 fully saturated rings. The fourth-order valence-corrected chi connectivity index (χ4v) is 3.16. The lowest BCUT2D eigenvalue weighted by Gasteiger charge is -2.27. The number of hydrogen-bond donors (Lipinski definition) is 0. The van der Waals surface area contributed by atoms with Gasteiger partial charge < -0.3 is 4.90 Å². The molecule has 0 saturated carbocycles. The molecule has 2 nitrogen and oxygen atoms in total. The molecule has 0 aliphatic carbocycles. The molecule has 2 aliphatic rings. The first-order valence-electron chi connectivity index (χ1n) is 6.68. The van der Waals surface area contributed by atoms with Crippen LogP contribution in [-0.4, -0.2) is 37.1 Å². The summed E-state index contributed by atoms with van der Waals surface area (Å²) < 4.78 is 26.8. The lowest BCUT2D eigenvalue weighted by Crippen LogP contribution is -2.36. The smallest absolute Gasteiger partial charge is 0.149 e. The SMILES string of the molecule is Fc1ccc(N2CCCN3CCCC3C2)c(F)c1. The van der Waals surface area contributed by atoms with Gasteiger partial charge in [0.05, 0.1) is 5.69 Å². The summed E-state index contributed by atoms with van der Waals surface area (Å²) in [7, 11) is 0. The highest BCUT2D eigenvalue weighted by atomic mass is 19.1. The van der Waals surface area contributed by atoms with Gasteiger partial charge in [0.2, 0.25) is 0 Å². The van der Waals surface area contributed by atoms with Crippen LogP contribution in [0.4, 0.5) is 14.5 Å². The Bertz CT molecular complexity index is 436. The number of anilines is 1. The van der Waals surface area contributed by atoms with Crippen LogP contribution < -0.4 is 4.90 Å². The molecule has 0 N–H and O–H groups in total. The van der Waals surface area contributed by atoms with Gasteiger partial charge in [0, 0.05) is 31.7 Å². The van der Waals surface area contributed by atoms with Crippen molar-refractivity contribution < 1.29 is 8.78 Å². The van der Waals surface area contributed by atoms with Crippen molar-refractivity contribution in [1.82, 2.24) is 4.90 Å². The van der Waals surface area contributed by atoms with Crippen molar-refractivity contribution in [3.8, 4) is 0 Å². The molecule has 0 radical (unpaired) electrons. The normalized spacial score (nSPS) is 25.0. The molecule has 98 valence electrons. The first kappa shape index (κ1) is 11.9. The van der Waals surface area contributed by atoms with Gasteiger partial charge in [-0.3, -0.25) is 4.90 Å². The largest absolute Gasteiger partial charge is 0.368 e. The van der Waals surface area contributed by atoms with E-state index in [0.29, 0.717) is 11.7 Å². The standard InChI is InChI=1S/C14H18F2N2/c15-11-4-5-14(13(16)9-11)18-8-2-7-17-6-1-3-12(17)10-18/h4-5,9,12H,1-3,6-8,10H2. The Labute approximate surface area is 106 Å². The average Bonchev–Trinajstić information content (AvgIpc) is 2.67. The molecule has 2 heterocycles. The van der Waals surface area contributed by atoms with Crippen LogP contribution in [0.2, 0.25) is 0 Å². The number of benzene rings is 1. The minimum absolute atomic E-state index is 0.443. The molecule has 0 amide bonds. The zero-order valence-corrected chi connectivity index (χ0v) is 10.4. The maximum absolute atomic E-state index is 13.8. The third-order valence-electron chi connectivity index (χ3n) is 4.05. The number of halogens is 2. The zero-order chi connectivity index (χ0) is 12.5. The average molecular weight is 252 g/mol. The highest BCUT2D eigenvalue weighted by Crippen LogP contribution is 2.26. The van der Waals surface area contributed by atoms with Gasteiger partial charge in [-0.05, 0) is 37.9 Å². The molecule has 1 aromatic carbocycles. The molecule has 1 unspecified atom stereocenters. The van der Waals surface area contributed by atoms with E-state index in [9.17, 15) is 8.78 Å². The van der Waals surface area contributed by atoms with Crippen LogP contribution in [0.25, 0.3) is 0 Å². The summed E-state index contributed by atoms with van der Waals surface area (Å²) >= 11 is 0. The Kier molecular flexibility index (Phi) is 3.20. The summed E-state index contributed by atoms with van der Waals surface area (Å²) in [4.78, 5) is 4.58. The van der Waals surface area contributed by atoms with Gasteiger partial charge in [-0.2, -0.15) is 0 Å². The van der Waals surface area contributed by atoms with E-state index < -0.39 is 11.6 Å². The van der Waals surface area contributed by atoms with Crippen LogP contribution in [-0.2, 0) is 0 Å². The molecule has 2 aliphatic heterocycles. The third-order valence-corrected chi connectivity index (χ3v) is 4.05. The third kappa shape index (κ3) is 2.21. The van der Waals surface area contributed by atoms with E-state index in [1.165, 1.54) is 25.5 Å². The van der Waals surface area contributed by atoms with Crippen LogP contribution in [0.5, 0.6) is 0 Å². The molecule has 0 spiro atoms. The summed E-state index contributed by atoms with van der Waals surface area (Å²) in [5, 5.41) is 0. The van der Waals surface area contributed by atoms with E-state index in [0.717, 1.165) is 32.1 Å². The summed E-state index contributed by atoms with van der Waals surface area (Å²) in [6.45, 7) is 3.99. The molecule has 18 heavy (non-hydrogen) atoms. The van der Waals surface area contributed by atoms with Crippen molar-refractivity contribution in [2.75, 3.05) is 31.1 Å². The highest BCUT2D eigenvalue weighted by Gasteiger charge is 2.29. The summed E-state index contributed by atoms with van der Waals surface area (Å²) in [6.07, 6.45) is 3.48. The van der Waals surface area contributed by atoms with Crippen LogP contribution in [0.1, 0.15) is 19.3 Å². The van der Waals surface area contributed by atoms with Gasteiger partial charge in [-0.15, -0.1) is 0 Å². The second kappa shape index (κ2) is 4.84. The topological polar surface area (TPSA) is 6.48 Å². The molecule has 1 atom stereocenters. The Morgan fingerprint density at radius 2 is 1.89 bits per heavy atom. The predicted octanol–water partition coefficient (Wildman–Crippen LogP) is 2.64. The van der Waals surface area contributed by atoms with Gasteiger partial charge >= 0.3 is 0 Å². The highest BCUT2D eigenvalue weighted by molar-refractivity contribution is 5.48. The Balaban J connectivity index is 1.82. The van der Waals surface area contributed by atoms with Crippen molar-refractivity contribution in [1.29, 1.82) is 0 Å². The summed E-state index contributed by atoms with van der Waals surface area (Å²) in [5.41, 5.74) is 0.546. The molecule has 0 bridgehead atoms. The lowest BCUT2D eigenvalue weighted by atomic mass is 10.2. The lowest BCUT2D eigenvalue weighted by molar-refractivity contribution is 0.273.